The van der Waals surface area contributed by atoms with E-state index in [0.29, 0.717) is 26.1 Å². The molecule has 0 unspecified atom stereocenters. The average molecular weight is 427 g/mol. The monoisotopic (exact) mass is 427 g/mol. The molecule has 0 aliphatic carbocycles. The molecule has 5 rings (SSSR count). The Morgan fingerprint density at radius 3 is 2.78 bits per heavy atom. The summed E-state index contributed by atoms with van der Waals surface area (Å²) in [4.78, 5) is 18.8. The van der Waals surface area contributed by atoms with Crippen molar-refractivity contribution in [2.45, 2.75) is 19.0 Å². The Morgan fingerprint density at radius 2 is 1.94 bits per heavy atom. The van der Waals surface area contributed by atoms with Crippen LogP contribution in [0.15, 0.2) is 73.1 Å². The van der Waals surface area contributed by atoms with E-state index in [9.17, 15) is 9.18 Å². The second kappa shape index (κ2) is 8.80. The lowest BCUT2D eigenvalue weighted by Crippen LogP contribution is -2.59. The average Bonchev–Trinajstić information content (AvgIpc) is 2.80. The Labute approximate surface area is 185 Å². The van der Waals surface area contributed by atoms with Crippen molar-refractivity contribution in [3.63, 3.8) is 0 Å². The predicted octanol–water partition coefficient (Wildman–Crippen LogP) is 3.37. The third kappa shape index (κ3) is 4.20. The first-order valence-corrected chi connectivity index (χ1v) is 10.6. The van der Waals surface area contributed by atoms with Gasteiger partial charge in [-0.05, 0) is 29.8 Å². The molecule has 1 aliphatic rings. The van der Waals surface area contributed by atoms with Crippen molar-refractivity contribution in [3.05, 3.63) is 101 Å². The number of halogens is 1. The van der Waals surface area contributed by atoms with Crippen LogP contribution in [0.1, 0.15) is 27.3 Å². The minimum atomic E-state index is -0.507. The van der Waals surface area contributed by atoms with E-state index < -0.39 is 5.82 Å². The van der Waals surface area contributed by atoms with Gasteiger partial charge < -0.3 is 10.2 Å². The third-order valence-corrected chi connectivity index (χ3v) is 5.75. The first-order valence-electron chi connectivity index (χ1n) is 10.6. The smallest absolute Gasteiger partial charge is 0.256 e. The van der Waals surface area contributed by atoms with Gasteiger partial charge in [-0.1, -0.05) is 36.4 Å². The van der Waals surface area contributed by atoms with Crippen LogP contribution in [-0.2, 0) is 13.0 Å². The molecule has 4 aromatic rings. The van der Waals surface area contributed by atoms with Crippen molar-refractivity contribution >= 4 is 16.7 Å². The summed E-state index contributed by atoms with van der Waals surface area (Å²) >= 11 is 0. The summed E-state index contributed by atoms with van der Waals surface area (Å²) in [5.74, 6) is -0.795. The molecule has 0 spiro atoms. The Bertz CT molecular complexity index is 1250. The molecule has 6 nitrogen and oxygen atoms in total. The van der Waals surface area contributed by atoms with Crippen molar-refractivity contribution < 1.29 is 9.18 Å². The maximum Gasteiger partial charge on any atom is 0.256 e. The second-order valence-electron chi connectivity index (χ2n) is 7.98. The van der Waals surface area contributed by atoms with Crippen molar-refractivity contribution in [1.29, 1.82) is 0 Å². The molecule has 0 bridgehead atoms. The number of pyridine rings is 1. The van der Waals surface area contributed by atoms with Gasteiger partial charge in [0.2, 0.25) is 0 Å². The highest BCUT2D eigenvalue weighted by Gasteiger charge is 2.32. The first kappa shape index (κ1) is 20.2. The molecule has 1 aliphatic heterocycles. The molecule has 2 aromatic heterocycles. The summed E-state index contributed by atoms with van der Waals surface area (Å²) < 4.78 is 14.5. The fourth-order valence-electron chi connectivity index (χ4n) is 3.95. The lowest BCUT2D eigenvalue weighted by molar-refractivity contribution is 0.0560. The molecule has 160 valence electrons. The quantitative estimate of drug-likeness (QED) is 0.511. The summed E-state index contributed by atoms with van der Waals surface area (Å²) in [5.41, 5.74) is 2.67. The number of carbonyl (C=O) groups is 1. The molecule has 0 saturated carbocycles. The van der Waals surface area contributed by atoms with Crippen LogP contribution in [0.5, 0.6) is 0 Å². The van der Waals surface area contributed by atoms with Crippen LogP contribution in [0.4, 0.5) is 4.39 Å². The fraction of sp³-hybridized carbons (Fsp3) is 0.200. The van der Waals surface area contributed by atoms with Gasteiger partial charge in [-0.25, -0.2) is 4.39 Å². The second-order valence-corrected chi connectivity index (χ2v) is 7.98. The molecular weight excluding hydrogens is 405 g/mol. The van der Waals surface area contributed by atoms with Gasteiger partial charge in [0.25, 0.3) is 5.91 Å². The molecule has 1 N–H and O–H groups in total. The summed E-state index contributed by atoms with van der Waals surface area (Å²) in [6.07, 6.45) is 3.96. The molecule has 2 aromatic carbocycles. The number of fused-ring (bicyclic) bond motifs is 1. The van der Waals surface area contributed by atoms with Gasteiger partial charge in [0, 0.05) is 49.1 Å². The van der Waals surface area contributed by atoms with Crippen LogP contribution in [0.3, 0.4) is 0 Å². The standard InChI is InChI=1S/C25H22FN5O/c26-23-9-8-17(12-24-21-7-2-1-5-18(21)13-29-30-24)11-22(23)25(32)31-15-20(16-31)28-14-19-6-3-4-10-27-19/h1-11,13,20,28H,12,14-16H2. The molecular formula is C25H22FN5O. The van der Waals surface area contributed by atoms with Gasteiger partial charge in [-0.15, -0.1) is 0 Å². The highest BCUT2D eigenvalue weighted by atomic mass is 19.1. The van der Waals surface area contributed by atoms with E-state index in [-0.39, 0.29) is 17.5 Å². The minimum Gasteiger partial charge on any atom is -0.335 e. The number of nitrogens with zero attached hydrogens (tertiary/aromatic N) is 4. The van der Waals surface area contributed by atoms with E-state index in [2.05, 4.69) is 20.5 Å². The van der Waals surface area contributed by atoms with Gasteiger partial charge in [-0.2, -0.15) is 10.2 Å². The molecule has 0 atom stereocenters. The Balaban J connectivity index is 1.25. The van der Waals surface area contributed by atoms with Crippen LogP contribution in [0, 0.1) is 5.82 Å². The highest BCUT2D eigenvalue weighted by Crippen LogP contribution is 2.22. The van der Waals surface area contributed by atoms with E-state index in [1.165, 1.54) is 6.07 Å². The SMILES string of the molecule is O=C(c1cc(Cc2nncc3ccccc23)ccc1F)N1CC(NCc2ccccn2)C1. The van der Waals surface area contributed by atoms with Crippen LogP contribution in [0.2, 0.25) is 0 Å². The molecule has 0 radical (unpaired) electrons. The summed E-state index contributed by atoms with van der Waals surface area (Å²) in [6, 6.07) is 18.5. The van der Waals surface area contributed by atoms with Crippen LogP contribution < -0.4 is 5.32 Å². The van der Waals surface area contributed by atoms with Crippen LogP contribution in [0.25, 0.3) is 10.8 Å². The maximum atomic E-state index is 14.5. The normalized spacial score (nSPS) is 13.8. The number of hydrogen-bond donors (Lipinski definition) is 1. The molecule has 1 fully saturated rings. The number of hydrogen-bond acceptors (Lipinski definition) is 5. The van der Waals surface area contributed by atoms with E-state index in [1.807, 2.05) is 42.5 Å². The van der Waals surface area contributed by atoms with Gasteiger partial charge in [0.1, 0.15) is 5.82 Å². The lowest BCUT2D eigenvalue weighted by Gasteiger charge is -2.39. The molecule has 3 heterocycles. The predicted molar refractivity (Wildman–Crippen MR) is 120 cm³/mol. The zero-order chi connectivity index (χ0) is 21.9. The van der Waals surface area contributed by atoms with Crippen molar-refractivity contribution in [2.75, 3.05) is 13.1 Å². The highest BCUT2D eigenvalue weighted by molar-refractivity contribution is 5.95. The minimum absolute atomic E-state index is 0.0962. The van der Waals surface area contributed by atoms with Gasteiger partial charge in [0.05, 0.1) is 23.1 Å². The lowest BCUT2D eigenvalue weighted by atomic mass is 10.0. The Morgan fingerprint density at radius 1 is 1.09 bits per heavy atom. The Kier molecular flexibility index (Phi) is 5.56. The van der Waals surface area contributed by atoms with Crippen molar-refractivity contribution in [1.82, 2.24) is 25.4 Å². The van der Waals surface area contributed by atoms with E-state index in [4.69, 9.17) is 0 Å². The maximum absolute atomic E-state index is 14.5. The van der Waals surface area contributed by atoms with Crippen LogP contribution in [-0.4, -0.2) is 45.1 Å². The number of likely N-dealkylation sites (tertiary alicyclic amines) is 1. The number of amides is 1. The largest absolute Gasteiger partial charge is 0.335 e. The zero-order valence-electron chi connectivity index (χ0n) is 17.4. The summed E-state index contributed by atoms with van der Waals surface area (Å²) in [7, 11) is 0. The molecule has 32 heavy (non-hydrogen) atoms. The number of benzene rings is 2. The van der Waals surface area contributed by atoms with Crippen molar-refractivity contribution in [2.24, 2.45) is 0 Å². The van der Waals surface area contributed by atoms with E-state index >= 15 is 0 Å². The number of rotatable bonds is 6. The number of nitrogens with one attached hydrogen (secondary N) is 1. The fourth-order valence-corrected chi connectivity index (χ4v) is 3.95. The molecule has 1 amide bonds. The van der Waals surface area contributed by atoms with Crippen LogP contribution >= 0.6 is 0 Å². The van der Waals surface area contributed by atoms with E-state index in [0.717, 1.165) is 27.7 Å². The zero-order valence-corrected chi connectivity index (χ0v) is 17.4. The summed E-state index contributed by atoms with van der Waals surface area (Å²) in [5, 5.41) is 13.7. The molecule has 7 heteroatoms. The summed E-state index contributed by atoms with van der Waals surface area (Å²) in [6.45, 7) is 1.73. The van der Waals surface area contributed by atoms with Gasteiger partial charge in [-0.3, -0.25) is 9.78 Å². The van der Waals surface area contributed by atoms with E-state index in [1.54, 1.807) is 29.4 Å². The molecule has 1 saturated heterocycles. The van der Waals surface area contributed by atoms with Crippen molar-refractivity contribution in [3.8, 4) is 0 Å². The topological polar surface area (TPSA) is 71.0 Å². The Hall–Kier alpha value is -3.71. The number of aromatic nitrogens is 3. The van der Waals surface area contributed by atoms with Gasteiger partial charge >= 0.3 is 0 Å². The third-order valence-electron chi connectivity index (χ3n) is 5.75. The first-order chi connectivity index (χ1) is 15.7. The van der Waals surface area contributed by atoms with Gasteiger partial charge in [0.15, 0.2) is 0 Å². The number of carbonyl (C=O) groups excluding carboxylic acids is 1.